The van der Waals surface area contributed by atoms with Crippen molar-refractivity contribution in [3.8, 4) is 11.1 Å². The summed E-state index contributed by atoms with van der Waals surface area (Å²) in [5, 5.41) is 5.26. The first-order valence-electron chi connectivity index (χ1n) is 11.2. The first-order chi connectivity index (χ1) is 15.3. The van der Waals surface area contributed by atoms with Gasteiger partial charge in [-0.2, -0.15) is 11.1 Å². The van der Waals surface area contributed by atoms with Gasteiger partial charge >= 0.3 is 41.9 Å². The van der Waals surface area contributed by atoms with Gasteiger partial charge in [0.1, 0.15) is 0 Å². The van der Waals surface area contributed by atoms with Crippen LogP contribution in [0.4, 0.5) is 0 Å². The van der Waals surface area contributed by atoms with Crippen LogP contribution in [-0.2, 0) is 23.3 Å². The zero-order valence-corrected chi connectivity index (χ0v) is 26.0. The van der Waals surface area contributed by atoms with Crippen molar-refractivity contribution in [1.82, 2.24) is 0 Å². The second-order valence-corrected chi connectivity index (χ2v) is 18.0. The first-order valence-corrected chi connectivity index (χ1v) is 17.4. The van der Waals surface area contributed by atoms with Crippen LogP contribution in [0.3, 0.4) is 0 Å². The average Bonchev–Trinajstić information content (AvgIpc) is 3.30. The number of halogens is 2. The molecule has 34 heavy (non-hydrogen) atoms. The molecule has 4 aromatic carbocycles. The molecule has 0 radical (unpaired) electrons. The Morgan fingerprint density at radius 1 is 0.794 bits per heavy atom. The molecule has 0 bridgehead atoms. The van der Waals surface area contributed by atoms with Crippen molar-refractivity contribution in [1.29, 1.82) is 0 Å². The van der Waals surface area contributed by atoms with Crippen LogP contribution in [0.5, 0.6) is 0 Å². The zero-order chi connectivity index (χ0) is 23.3. The van der Waals surface area contributed by atoms with E-state index in [4.69, 9.17) is 0 Å². The van der Waals surface area contributed by atoms with E-state index in [9.17, 15) is 0 Å². The van der Waals surface area contributed by atoms with Crippen LogP contribution in [0.1, 0.15) is 27.7 Å². The van der Waals surface area contributed by atoms with E-state index in [0.29, 0.717) is 5.92 Å². The third-order valence-corrected chi connectivity index (χ3v) is 6.00. The Morgan fingerprint density at radius 3 is 1.91 bits per heavy atom. The van der Waals surface area contributed by atoms with Crippen molar-refractivity contribution in [2.45, 2.75) is 40.8 Å². The fourth-order valence-electron chi connectivity index (χ4n) is 4.01. The molecule has 0 nitrogen and oxygen atoms in total. The monoisotopic (exact) mass is 582 g/mol. The smallest absolute Gasteiger partial charge is 0.0186 e. The quantitative estimate of drug-likeness (QED) is 0.154. The Hall–Kier alpha value is -1.31. The van der Waals surface area contributed by atoms with E-state index < -0.39 is 0 Å². The Morgan fingerprint density at radius 2 is 1.35 bits per heavy atom. The van der Waals surface area contributed by atoms with E-state index in [-0.39, 0.29) is 30.2 Å². The van der Waals surface area contributed by atoms with Gasteiger partial charge in [-0.15, -0.1) is 78.4 Å². The van der Waals surface area contributed by atoms with Crippen molar-refractivity contribution in [2.75, 3.05) is 0 Å². The topological polar surface area (TPSA) is 0 Å². The van der Waals surface area contributed by atoms with Crippen LogP contribution in [0.2, 0.25) is 13.1 Å². The molecule has 0 aliphatic heterocycles. The molecule has 5 rings (SSSR count). The molecule has 0 amide bonds. The van der Waals surface area contributed by atoms with Gasteiger partial charge in [-0.3, -0.25) is 6.08 Å². The third-order valence-electron chi connectivity index (χ3n) is 6.00. The first kappa shape index (κ1) is 30.7. The van der Waals surface area contributed by atoms with Gasteiger partial charge in [-0.1, -0.05) is 80.8 Å². The maximum atomic E-state index is 3.36. The van der Waals surface area contributed by atoms with Gasteiger partial charge < -0.3 is 0 Å². The molecule has 1 unspecified atom stereocenters. The minimum atomic E-state index is 0. The molecule has 0 spiro atoms. The summed E-state index contributed by atoms with van der Waals surface area (Å²) >= 11 is 1.74. The third kappa shape index (κ3) is 7.59. The molecule has 176 valence electrons. The van der Waals surface area contributed by atoms with E-state index in [2.05, 4.69) is 126 Å². The predicted molar refractivity (Wildman–Crippen MR) is 154 cm³/mol. The van der Waals surface area contributed by atoms with Crippen LogP contribution >= 0.6 is 24.8 Å². The summed E-state index contributed by atoms with van der Waals surface area (Å²) in [6.45, 7) is 13.3. The number of hydrogen-bond donors (Lipinski definition) is 0. The molecule has 4 aromatic rings. The van der Waals surface area contributed by atoms with E-state index >= 15 is 0 Å². The molecular formula is C30H34Cl2SiZr. The summed E-state index contributed by atoms with van der Waals surface area (Å²) in [5.41, 5.74) is 7.10. The van der Waals surface area contributed by atoms with Gasteiger partial charge in [-0.05, 0) is 10.8 Å². The second kappa shape index (κ2) is 14.3. The molecule has 4 heteroatoms. The maximum absolute atomic E-state index is 3.36. The van der Waals surface area contributed by atoms with Crippen molar-refractivity contribution in [3.05, 3.63) is 102 Å². The molecule has 0 fully saturated rings. The molecular weight excluding hydrogens is 551 g/mol. The van der Waals surface area contributed by atoms with Crippen molar-refractivity contribution < 1.29 is 23.3 Å². The number of rotatable bonds is 1. The van der Waals surface area contributed by atoms with Crippen LogP contribution in [0.15, 0.2) is 95.6 Å². The Balaban J connectivity index is 0.000000328. The van der Waals surface area contributed by atoms with Gasteiger partial charge in [0.25, 0.3) is 0 Å². The van der Waals surface area contributed by atoms with Crippen LogP contribution in [0.25, 0.3) is 32.7 Å². The number of hydrogen-bond acceptors (Lipinski definition) is 0. The van der Waals surface area contributed by atoms with Gasteiger partial charge in [0.2, 0.25) is 0 Å². The standard InChI is InChI=1S/C19H13.C9H13.C2H6Si.2ClH.Zr/c1-3-9-16-14(6-1)8-5-11-18(16)19-13-12-15-7-2-4-10-17(15)19;1-6-5-7(2)9(4)8(6)3;1-3-2;;;/h1-13H;6H,1-4H3;1-2H3;2*1H;/q2*-1;;;;+2. The SMILES string of the molecule is CC1=[C-]C(C)C(C)=C1C.C[Si](C)=[Zr+2].Cl.Cl.c1ccc2c(-c3c[cH-]c4ccccc34)cccc2c1. The normalized spacial score (nSPS) is 14.2. The minimum absolute atomic E-state index is 0. The zero-order valence-electron chi connectivity index (χ0n) is 20.9. The molecule has 0 saturated carbocycles. The maximum Gasteiger partial charge on any atom is -0.0186 e. The van der Waals surface area contributed by atoms with Crippen LogP contribution in [-0.4, -0.2) is 5.43 Å². The number of fused-ring (bicyclic) bond motifs is 2. The van der Waals surface area contributed by atoms with Crippen LogP contribution in [0, 0.1) is 12.0 Å². The van der Waals surface area contributed by atoms with E-state index in [1.165, 1.54) is 49.4 Å². The average molecular weight is 585 g/mol. The van der Waals surface area contributed by atoms with E-state index in [0.717, 1.165) is 0 Å². The van der Waals surface area contributed by atoms with Crippen LogP contribution < -0.4 is 0 Å². The second-order valence-electron chi connectivity index (χ2n) is 8.66. The van der Waals surface area contributed by atoms with Gasteiger partial charge in [-0.25, -0.2) is 5.57 Å². The molecule has 1 aliphatic carbocycles. The number of benzene rings is 3. The molecule has 0 heterocycles. The van der Waals surface area contributed by atoms with Gasteiger partial charge in [0.15, 0.2) is 0 Å². The largest absolute Gasteiger partial charge is 0.150 e. The van der Waals surface area contributed by atoms with Crippen molar-refractivity contribution in [2.24, 2.45) is 5.92 Å². The van der Waals surface area contributed by atoms with Gasteiger partial charge in [0.05, 0.1) is 0 Å². The Kier molecular flexibility index (Phi) is 12.9. The fourth-order valence-corrected chi connectivity index (χ4v) is 4.01. The molecule has 1 atom stereocenters. The molecule has 1 aliphatic rings. The Bertz CT molecular complexity index is 1300. The minimum Gasteiger partial charge on any atom is -0.150 e. The summed E-state index contributed by atoms with van der Waals surface area (Å²) in [5.74, 6) is 0.560. The molecule has 0 aromatic heterocycles. The van der Waals surface area contributed by atoms with Crippen molar-refractivity contribution in [3.63, 3.8) is 0 Å². The Labute approximate surface area is 233 Å². The summed E-state index contributed by atoms with van der Waals surface area (Å²) < 4.78 is 0. The summed E-state index contributed by atoms with van der Waals surface area (Å²) in [6.07, 6.45) is 3.36. The molecule has 0 saturated heterocycles. The van der Waals surface area contributed by atoms with E-state index in [1.807, 2.05) is 0 Å². The van der Waals surface area contributed by atoms with Crippen molar-refractivity contribution >= 4 is 51.8 Å². The molecule has 0 N–H and O–H groups in total. The predicted octanol–water partition coefficient (Wildman–Crippen LogP) is 9.73. The number of allylic oxidation sites excluding steroid dienone is 4. The summed E-state index contributed by atoms with van der Waals surface area (Å²) in [4.78, 5) is 0. The summed E-state index contributed by atoms with van der Waals surface area (Å²) in [7, 11) is 0. The van der Waals surface area contributed by atoms with Gasteiger partial charge in [0, 0.05) is 0 Å². The fraction of sp³-hybridized carbons (Fsp3) is 0.233. The summed E-state index contributed by atoms with van der Waals surface area (Å²) in [6, 6.07) is 28.1. The van der Waals surface area contributed by atoms with E-state index in [1.54, 1.807) is 23.3 Å².